The lowest BCUT2D eigenvalue weighted by Crippen LogP contribution is -2.52. The molecule has 1 saturated carbocycles. The summed E-state index contributed by atoms with van der Waals surface area (Å²) in [5.41, 5.74) is 1.18. The van der Waals surface area contributed by atoms with Gasteiger partial charge in [0.2, 0.25) is 0 Å². The zero-order valence-electron chi connectivity index (χ0n) is 16.9. The van der Waals surface area contributed by atoms with Crippen LogP contribution in [0.25, 0.3) is 0 Å². The minimum atomic E-state index is -0.160. The van der Waals surface area contributed by atoms with Crippen molar-refractivity contribution < 1.29 is 9.13 Å². The van der Waals surface area contributed by atoms with Crippen molar-refractivity contribution >= 4 is 5.96 Å². The lowest BCUT2D eigenvalue weighted by Gasteiger charge is -2.41. The molecule has 0 spiro atoms. The molecule has 27 heavy (non-hydrogen) atoms. The summed E-state index contributed by atoms with van der Waals surface area (Å²) in [7, 11) is 4.26. The number of halogens is 1. The highest BCUT2D eigenvalue weighted by Gasteiger charge is 2.44. The Bertz CT molecular complexity index is 651. The Hall–Kier alpha value is -1.66. The van der Waals surface area contributed by atoms with E-state index < -0.39 is 0 Å². The van der Waals surface area contributed by atoms with Crippen molar-refractivity contribution in [3.63, 3.8) is 0 Å². The number of hydrogen-bond acceptors (Lipinski definition) is 3. The monoisotopic (exact) mass is 376 g/mol. The molecule has 0 amide bonds. The second-order valence-corrected chi connectivity index (χ2v) is 8.07. The summed E-state index contributed by atoms with van der Waals surface area (Å²) in [4.78, 5) is 7.19. The molecule has 2 aliphatic rings. The Balaban J connectivity index is 1.66. The van der Waals surface area contributed by atoms with Gasteiger partial charge in [0, 0.05) is 37.3 Å². The van der Waals surface area contributed by atoms with Crippen LogP contribution in [0.5, 0.6) is 0 Å². The van der Waals surface area contributed by atoms with Gasteiger partial charge in [-0.25, -0.2) is 4.39 Å². The van der Waals surface area contributed by atoms with E-state index in [1.54, 1.807) is 12.1 Å². The Morgan fingerprint density at radius 2 is 1.93 bits per heavy atom. The first kappa shape index (κ1) is 20.1. The fraction of sp³-hybridized carbons (Fsp3) is 0.667. The molecule has 150 valence electrons. The quantitative estimate of drug-likeness (QED) is 0.567. The van der Waals surface area contributed by atoms with Crippen LogP contribution in [0.4, 0.5) is 4.39 Å². The van der Waals surface area contributed by atoms with Gasteiger partial charge >= 0.3 is 0 Å². The van der Waals surface area contributed by atoms with Crippen molar-refractivity contribution in [3.8, 4) is 0 Å². The topological polar surface area (TPSA) is 48.9 Å². The standard InChI is InChI=1S/C21H33FN4O/c1-4-23-19(25-16-21(26(2)3)10-12-27-13-11-21)24-15-20(8-9-20)17-6-5-7-18(22)14-17/h5-7,14H,4,8-13,15-16H2,1-3H3,(H2,23,24,25). The highest BCUT2D eigenvalue weighted by atomic mass is 19.1. The number of aliphatic imine (C=N–C) groups is 1. The highest BCUT2D eigenvalue weighted by molar-refractivity contribution is 5.80. The smallest absolute Gasteiger partial charge is 0.191 e. The van der Waals surface area contributed by atoms with Crippen LogP contribution in [0.1, 0.15) is 38.2 Å². The molecule has 1 aromatic carbocycles. The van der Waals surface area contributed by atoms with E-state index in [0.717, 1.165) is 70.1 Å². The summed E-state index contributed by atoms with van der Waals surface area (Å²) in [6, 6.07) is 7.01. The van der Waals surface area contributed by atoms with Crippen LogP contribution < -0.4 is 10.6 Å². The first-order chi connectivity index (χ1) is 13.0. The minimum absolute atomic E-state index is 0.0379. The third-order valence-electron chi connectivity index (χ3n) is 6.13. The number of ether oxygens (including phenoxy) is 1. The summed E-state index contributed by atoms with van der Waals surface area (Å²) < 4.78 is 19.2. The Morgan fingerprint density at radius 3 is 2.52 bits per heavy atom. The number of nitrogens with zero attached hydrogens (tertiary/aromatic N) is 2. The molecule has 0 atom stereocenters. The molecular formula is C21H33FN4O. The van der Waals surface area contributed by atoms with Crippen LogP contribution in [0.15, 0.2) is 29.3 Å². The van der Waals surface area contributed by atoms with Crippen molar-refractivity contribution in [3.05, 3.63) is 35.6 Å². The maximum Gasteiger partial charge on any atom is 0.191 e. The van der Waals surface area contributed by atoms with Gasteiger partial charge in [-0.15, -0.1) is 0 Å². The van der Waals surface area contributed by atoms with Gasteiger partial charge in [0.25, 0.3) is 0 Å². The first-order valence-electron chi connectivity index (χ1n) is 10.0. The van der Waals surface area contributed by atoms with E-state index >= 15 is 0 Å². The molecule has 0 aromatic heterocycles. The largest absolute Gasteiger partial charge is 0.381 e. The van der Waals surface area contributed by atoms with Crippen molar-refractivity contribution in [2.75, 3.05) is 46.9 Å². The Morgan fingerprint density at radius 1 is 1.19 bits per heavy atom. The number of nitrogens with one attached hydrogen (secondary N) is 2. The van der Waals surface area contributed by atoms with E-state index in [2.05, 4.69) is 36.6 Å². The molecule has 0 bridgehead atoms. The van der Waals surface area contributed by atoms with Crippen LogP contribution in [0.2, 0.25) is 0 Å². The normalized spacial score (nSPS) is 21.1. The fourth-order valence-corrected chi connectivity index (χ4v) is 3.86. The lowest BCUT2D eigenvalue weighted by molar-refractivity contribution is -0.00254. The van der Waals surface area contributed by atoms with Gasteiger partial charge in [-0.2, -0.15) is 0 Å². The lowest BCUT2D eigenvalue weighted by atomic mass is 9.89. The van der Waals surface area contributed by atoms with Crippen molar-refractivity contribution in [2.24, 2.45) is 4.99 Å². The molecule has 1 aliphatic carbocycles. The van der Waals surface area contributed by atoms with Gasteiger partial charge in [0.15, 0.2) is 5.96 Å². The molecule has 0 unspecified atom stereocenters. The van der Waals surface area contributed by atoms with Crippen molar-refractivity contribution in [1.29, 1.82) is 0 Å². The number of hydrogen-bond donors (Lipinski definition) is 2. The molecule has 1 aromatic rings. The predicted molar refractivity (Wildman–Crippen MR) is 108 cm³/mol. The van der Waals surface area contributed by atoms with E-state index in [-0.39, 0.29) is 16.8 Å². The molecule has 0 radical (unpaired) electrons. The van der Waals surface area contributed by atoms with E-state index in [1.165, 1.54) is 6.07 Å². The molecule has 1 aliphatic heterocycles. The molecule has 2 N–H and O–H groups in total. The summed E-state index contributed by atoms with van der Waals surface area (Å²) in [6.07, 6.45) is 4.16. The zero-order chi connectivity index (χ0) is 19.3. The number of benzene rings is 1. The molecule has 2 fully saturated rings. The van der Waals surface area contributed by atoms with E-state index in [1.807, 2.05) is 6.07 Å². The van der Waals surface area contributed by atoms with E-state index in [0.29, 0.717) is 0 Å². The van der Waals surface area contributed by atoms with E-state index in [9.17, 15) is 4.39 Å². The fourth-order valence-electron chi connectivity index (χ4n) is 3.86. The second kappa shape index (κ2) is 8.57. The molecular weight excluding hydrogens is 343 g/mol. The summed E-state index contributed by atoms with van der Waals surface area (Å²) >= 11 is 0. The Kier molecular flexibility index (Phi) is 6.37. The molecule has 6 heteroatoms. The first-order valence-corrected chi connectivity index (χ1v) is 10.0. The zero-order valence-corrected chi connectivity index (χ0v) is 16.9. The third kappa shape index (κ3) is 4.79. The van der Waals surface area contributed by atoms with Crippen LogP contribution >= 0.6 is 0 Å². The van der Waals surface area contributed by atoms with Crippen LogP contribution in [-0.2, 0) is 10.2 Å². The molecule has 1 heterocycles. The number of rotatable bonds is 7. The highest BCUT2D eigenvalue weighted by Crippen LogP contribution is 2.47. The molecule has 5 nitrogen and oxygen atoms in total. The van der Waals surface area contributed by atoms with Crippen LogP contribution in [0.3, 0.4) is 0 Å². The van der Waals surface area contributed by atoms with Crippen molar-refractivity contribution in [1.82, 2.24) is 15.5 Å². The SMILES string of the molecule is CCNC(=NCC1(N(C)C)CCOCC1)NCC1(c2cccc(F)c2)CC1. The van der Waals surface area contributed by atoms with Gasteiger partial charge < -0.3 is 20.3 Å². The Labute approximate surface area is 162 Å². The molecule has 1 saturated heterocycles. The average Bonchev–Trinajstić information content (AvgIpc) is 3.46. The van der Waals surface area contributed by atoms with Gasteiger partial charge in [0.1, 0.15) is 5.82 Å². The van der Waals surface area contributed by atoms with Crippen LogP contribution in [-0.4, -0.2) is 63.3 Å². The summed E-state index contributed by atoms with van der Waals surface area (Å²) in [6.45, 7) is 6.00. The van der Waals surface area contributed by atoms with Crippen LogP contribution in [0, 0.1) is 5.82 Å². The van der Waals surface area contributed by atoms with Gasteiger partial charge in [0.05, 0.1) is 6.54 Å². The van der Waals surface area contributed by atoms with Crippen molar-refractivity contribution in [2.45, 2.75) is 43.6 Å². The molecule has 3 rings (SSSR count). The predicted octanol–water partition coefficient (Wildman–Crippen LogP) is 2.52. The summed E-state index contributed by atoms with van der Waals surface area (Å²) in [5.74, 6) is 0.680. The van der Waals surface area contributed by atoms with Gasteiger partial charge in [-0.1, -0.05) is 12.1 Å². The summed E-state index contributed by atoms with van der Waals surface area (Å²) in [5, 5.41) is 6.86. The number of guanidine groups is 1. The average molecular weight is 377 g/mol. The minimum Gasteiger partial charge on any atom is -0.381 e. The third-order valence-corrected chi connectivity index (χ3v) is 6.13. The maximum atomic E-state index is 13.6. The van der Waals surface area contributed by atoms with Gasteiger partial charge in [-0.3, -0.25) is 4.99 Å². The maximum absolute atomic E-state index is 13.6. The second-order valence-electron chi connectivity index (χ2n) is 8.07. The van der Waals surface area contributed by atoms with Gasteiger partial charge in [-0.05, 0) is 64.4 Å². The number of likely N-dealkylation sites (N-methyl/N-ethyl adjacent to an activating group) is 1. The van der Waals surface area contributed by atoms with E-state index in [4.69, 9.17) is 9.73 Å².